The van der Waals surface area contributed by atoms with Crippen LogP contribution in [-0.2, 0) is 13.2 Å². The second kappa shape index (κ2) is 5.61. The molecule has 0 unspecified atom stereocenters. The summed E-state index contributed by atoms with van der Waals surface area (Å²) in [7, 11) is 0. The van der Waals surface area contributed by atoms with Gasteiger partial charge in [-0.1, -0.05) is 18.2 Å². The van der Waals surface area contributed by atoms with Crippen LogP contribution < -0.4 is 10.5 Å². The van der Waals surface area contributed by atoms with Gasteiger partial charge in [0.25, 0.3) is 0 Å². The van der Waals surface area contributed by atoms with Gasteiger partial charge in [0.2, 0.25) is 0 Å². The van der Waals surface area contributed by atoms with Crippen LogP contribution in [0.1, 0.15) is 11.1 Å². The molecule has 2 nitrogen and oxygen atoms in total. The molecular formula is C16H14FNOS. The second-order valence-electron chi connectivity index (χ2n) is 4.54. The zero-order valence-electron chi connectivity index (χ0n) is 10.8. The van der Waals surface area contributed by atoms with E-state index in [4.69, 9.17) is 10.5 Å². The van der Waals surface area contributed by atoms with Gasteiger partial charge in [0.15, 0.2) is 0 Å². The molecule has 0 bridgehead atoms. The minimum atomic E-state index is -0.287. The van der Waals surface area contributed by atoms with E-state index >= 15 is 0 Å². The van der Waals surface area contributed by atoms with Crippen LogP contribution in [0.3, 0.4) is 0 Å². The van der Waals surface area contributed by atoms with Crippen LogP contribution in [-0.4, -0.2) is 0 Å². The average molecular weight is 287 g/mol. The van der Waals surface area contributed by atoms with Gasteiger partial charge in [-0.3, -0.25) is 0 Å². The van der Waals surface area contributed by atoms with Crippen molar-refractivity contribution in [2.75, 3.05) is 0 Å². The van der Waals surface area contributed by atoms with E-state index in [9.17, 15) is 4.39 Å². The molecule has 0 amide bonds. The van der Waals surface area contributed by atoms with Gasteiger partial charge in [0.1, 0.15) is 18.2 Å². The number of thiophene rings is 1. The average Bonchev–Trinajstić information content (AvgIpc) is 2.87. The summed E-state index contributed by atoms with van der Waals surface area (Å²) in [6, 6.07) is 12.4. The van der Waals surface area contributed by atoms with Gasteiger partial charge in [-0.25, -0.2) is 4.39 Å². The van der Waals surface area contributed by atoms with Crippen molar-refractivity contribution in [3.63, 3.8) is 0 Å². The van der Waals surface area contributed by atoms with E-state index in [0.717, 1.165) is 11.1 Å². The zero-order chi connectivity index (χ0) is 13.9. The van der Waals surface area contributed by atoms with E-state index in [-0.39, 0.29) is 5.82 Å². The molecule has 0 saturated carbocycles. The number of ether oxygens (including phenoxy) is 1. The van der Waals surface area contributed by atoms with Gasteiger partial charge in [0.05, 0.1) is 0 Å². The van der Waals surface area contributed by atoms with Crippen LogP contribution in [0.25, 0.3) is 10.1 Å². The Kier molecular flexibility index (Phi) is 3.67. The van der Waals surface area contributed by atoms with Crippen LogP contribution in [0.15, 0.2) is 47.8 Å². The fraction of sp³-hybridized carbons (Fsp3) is 0.125. The second-order valence-corrected chi connectivity index (χ2v) is 5.45. The minimum absolute atomic E-state index is 0.287. The maximum absolute atomic E-state index is 13.1. The Hall–Kier alpha value is -1.91. The number of fused-ring (bicyclic) bond motifs is 1. The Balaban J connectivity index is 1.81. The maximum Gasteiger partial charge on any atom is 0.126 e. The smallest absolute Gasteiger partial charge is 0.126 e. The van der Waals surface area contributed by atoms with Crippen molar-refractivity contribution in [1.82, 2.24) is 0 Å². The summed E-state index contributed by atoms with van der Waals surface area (Å²) in [5.41, 5.74) is 7.87. The summed E-state index contributed by atoms with van der Waals surface area (Å²) in [6.45, 7) is 0.981. The van der Waals surface area contributed by atoms with Crippen molar-refractivity contribution in [2.24, 2.45) is 5.73 Å². The molecule has 0 atom stereocenters. The molecule has 3 rings (SSSR count). The number of nitrogens with two attached hydrogens (primary N) is 1. The largest absolute Gasteiger partial charge is 0.489 e. The van der Waals surface area contributed by atoms with Crippen molar-refractivity contribution in [2.45, 2.75) is 13.2 Å². The van der Waals surface area contributed by atoms with E-state index in [2.05, 4.69) is 17.5 Å². The van der Waals surface area contributed by atoms with Crippen LogP contribution in [0.2, 0.25) is 0 Å². The molecule has 0 saturated heterocycles. The maximum atomic E-state index is 13.1. The number of halogens is 1. The molecule has 1 heterocycles. The molecule has 20 heavy (non-hydrogen) atoms. The van der Waals surface area contributed by atoms with Crippen LogP contribution in [0.4, 0.5) is 4.39 Å². The van der Waals surface area contributed by atoms with E-state index in [0.29, 0.717) is 18.9 Å². The first-order valence-corrected chi connectivity index (χ1v) is 7.21. The van der Waals surface area contributed by atoms with Crippen molar-refractivity contribution < 1.29 is 9.13 Å². The van der Waals surface area contributed by atoms with Gasteiger partial charge in [-0.15, -0.1) is 11.3 Å². The number of rotatable bonds is 4. The summed E-state index contributed by atoms with van der Waals surface area (Å²) in [5.74, 6) is 0.258. The minimum Gasteiger partial charge on any atom is -0.489 e. The number of hydrogen-bond acceptors (Lipinski definition) is 3. The quantitative estimate of drug-likeness (QED) is 0.784. The molecule has 102 valence electrons. The molecule has 2 aromatic carbocycles. The normalized spacial score (nSPS) is 10.9. The summed E-state index contributed by atoms with van der Waals surface area (Å²) >= 11 is 1.67. The fourth-order valence-corrected chi connectivity index (χ4v) is 3.09. The lowest BCUT2D eigenvalue weighted by Gasteiger charge is -2.05. The van der Waals surface area contributed by atoms with E-state index in [1.807, 2.05) is 6.07 Å². The van der Waals surface area contributed by atoms with Crippen molar-refractivity contribution in [3.8, 4) is 5.75 Å². The summed E-state index contributed by atoms with van der Waals surface area (Å²) in [5, 5.41) is 3.24. The number of benzene rings is 2. The molecule has 0 aliphatic heterocycles. The molecule has 0 spiro atoms. The summed E-state index contributed by atoms with van der Waals surface area (Å²) in [4.78, 5) is 0. The molecule has 1 aromatic heterocycles. The van der Waals surface area contributed by atoms with Crippen LogP contribution in [0, 0.1) is 5.82 Å². The Morgan fingerprint density at radius 1 is 1.15 bits per heavy atom. The standard InChI is InChI=1S/C16H14FNOS/c17-13-2-1-3-14(7-13)19-9-12-10-20-16-6-11(8-18)4-5-15(12)16/h1-7,10H,8-9,18H2. The number of hydrogen-bond donors (Lipinski definition) is 1. The first-order chi connectivity index (χ1) is 9.76. The topological polar surface area (TPSA) is 35.2 Å². The summed E-state index contributed by atoms with van der Waals surface area (Å²) in [6.07, 6.45) is 0. The lowest BCUT2D eigenvalue weighted by Crippen LogP contribution is -1.96. The SMILES string of the molecule is NCc1ccc2c(COc3cccc(F)c3)csc2c1. The Morgan fingerprint density at radius 3 is 2.85 bits per heavy atom. The van der Waals surface area contributed by atoms with Gasteiger partial charge in [-0.2, -0.15) is 0 Å². The molecular weight excluding hydrogens is 273 g/mol. The third-order valence-electron chi connectivity index (χ3n) is 3.15. The van der Waals surface area contributed by atoms with E-state index in [1.54, 1.807) is 23.5 Å². The first-order valence-electron chi connectivity index (χ1n) is 6.34. The lowest BCUT2D eigenvalue weighted by molar-refractivity contribution is 0.306. The molecule has 0 radical (unpaired) electrons. The highest BCUT2D eigenvalue weighted by Gasteiger charge is 2.06. The Bertz CT molecular complexity index is 738. The molecule has 0 aliphatic rings. The summed E-state index contributed by atoms with van der Waals surface area (Å²) < 4.78 is 19.9. The van der Waals surface area contributed by atoms with Gasteiger partial charge in [0, 0.05) is 22.9 Å². The van der Waals surface area contributed by atoms with Crippen molar-refractivity contribution in [1.29, 1.82) is 0 Å². The molecule has 0 aliphatic carbocycles. The van der Waals surface area contributed by atoms with Gasteiger partial charge >= 0.3 is 0 Å². The van der Waals surface area contributed by atoms with Crippen LogP contribution >= 0.6 is 11.3 Å². The zero-order valence-corrected chi connectivity index (χ0v) is 11.6. The van der Waals surface area contributed by atoms with E-state index < -0.39 is 0 Å². The fourth-order valence-electron chi connectivity index (χ4n) is 2.08. The first kappa shape index (κ1) is 13.1. The Labute approximate surface area is 120 Å². The van der Waals surface area contributed by atoms with Crippen molar-refractivity contribution in [3.05, 3.63) is 64.8 Å². The third kappa shape index (κ3) is 2.66. The van der Waals surface area contributed by atoms with Crippen molar-refractivity contribution >= 4 is 21.4 Å². The molecule has 0 fully saturated rings. The van der Waals surface area contributed by atoms with Gasteiger partial charge < -0.3 is 10.5 Å². The van der Waals surface area contributed by atoms with Gasteiger partial charge in [-0.05, 0) is 34.5 Å². The van der Waals surface area contributed by atoms with E-state index in [1.165, 1.54) is 22.2 Å². The predicted molar refractivity (Wildman–Crippen MR) is 80.4 cm³/mol. The predicted octanol–water partition coefficient (Wildman–Crippen LogP) is 4.08. The molecule has 2 N–H and O–H groups in total. The Morgan fingerprint density at radius 2 is 2.05 bits per heavy atom. The highest BCUT2D eigenvalue weighted by atomic mass is 32.1. The third-order valence-corrected chi connectivity index (χ3v) is 4.14. The monoisotopic (exact) mass is 287 g/mol. The van der Waals surface area contributed by atoms with Crippen LogP contribution in [0.5, 0.6) is 5.75 Å². The molecule has 4 heteroatoms. The lowest BCUT2D eigenvalue weighted by atomic mass is 10.1. The highest BCUT2D eigenvalue weighted by molar-refractivity contribution is 7.17. The highest BCUT2D eigenvalue weighted by Crippen LogP contribution is 2.28. The molecule has 3 aromatic rings.